The Bertz CT molecular complexity index is 325. The molecule has 1 saturated heterocycles. The molecule has 2 heterocycles. The van der Waals surface area contributed by atoms with E-state index in [4.69, 9.17) is 0 Å². The molecule has 5 heteroatoms. The molecule has 0 aromatic carbocycles. The van der Waals surface area contributed by atoms with Crippen LogP contribution in [0, 0.1) is 5.92 Å². The summed E-state index contributed by atoms with van der Waals surface area (Å²) in [7, 11) is 0. The van der Waals surface area contributed by atoms with E-state index in [1.807, 2.05) is 0 Å². The molecule has 0 atom stereocenters. The minimum absolute atomic E-state index is 0.714. The number of rotatable bonds is 4. The maximum Gasteiger partial charge on any atom is 0.244 e. The van der Waals surface area contributed by atoms with Crippen molar-refractivity contribution in [3.8, 4) is 0 Å². The number of hydrogen-bond acceptors (Lipinski definition) is 4. The van der Waals surface area contributed by atoms with Gasteiger partial charge in [-0.05, 0) is 25.3 Å². The molecule has 0 radical (unpaired) electrons. The first kappa shape index (κ1) is 12.4. The molecule has 0 saturated carbocycles. The van der Waals surface area contributed by atoms with Crippen LogP contribution in [0.2, 0.25) is 0 Å². The van der Waals surface area contributed by atoms with Crippen molar-refractivity contribution in [3.63, 3.8) is 0 Å². The maximum absolute atomic E-state index is 4.58. The minimum atomic E-state index is 0.714. The molecule has 1 aromatic rings. The molecule has 0 amide bonds. The third-order valence-electron chi connectivity index (χ3n) is 3.10. The summed E-state index contributed by atoms with van der Waals surface area (Å²) in [4.78, 5) is 6.84. The minimum Gasteiger partial charge on any atom is -0.338 e. The van der Waals surface area contributed by atoms with Gasteiger partial charge in [-0.1, -0.05) is 13.8 Å². The van der Waals surface area contributed by atoms with Gasteiger partial charge in [0.25, 0.3) is 0 Å². The molecule has 0 spiro atoms. The summed E-state index contributed by atoms with van der Waals surface area (Å²) in [5.74, 6) is 2.60. The van der Waals surface area contributed by atoms with Crippen molar-refractivity contribution in [2.24, 2.45) is 5.92 Å². The molecule has 96 valence electrons. The van der Waals surface area contributed by atoms with Gasteiger partial charge in [-0.15, -0.1) is 5.10 Å². The molecule has 5 nitrogen and oxygen atoms in total. The fourth-order valence-electron chi connectivity index (χ4n) is 2.01. The highest BCUT2D eigenvalue weighted by molar-refractivity contribution is 5.28. The zero-order valence-electron chi connectivity index (χ0n) is 10.9. The number of aromatic nitrogens is 3. The van der Waals surface area contributed by atoms with Crippen LogP contribution in [0.15, 0.2) is 0 Å². The molecule has 1 aliphatic rings. The first-order valence-corrected chi connectivity index (χ1v) is 6.62. The molecular formula is C12H23N5. The first-order chi connectivity index (χ1) is 8.25. The molecule has 1 aromatic heterocycles. The third kappa shape index (κ3) is 3.70. The van der Waals surface area contributed by atoms with Gasteiger partial charge in [0, 0.05) is 26.1 Å². The lowest BCUT2D eigenvalue weighted by Gasteiger charge is -2.16. The molecule has 2 rings (SSSR count). The smallest absolute Gasteiger partial charge is 0.244 e. The maximum atomic E-state index is 4.58. The van der Waals surface area contributed by atoms with Gasteiger partial charge in [0.2, 0.25) is 5.95 Å². The lowest BCUT2D eigenvalue weighted by atomic mass is 10.1. The highest BCUT2D eigenvalue weighted by atomic mass is 15.4. The van der Waals surface area contributed by atoms with Crippen LogP contribution in [-0.4, -0.2) is 41.4 Å². The number of aromatic amines is 1. The van der Waals surface area contributed by atoms with Gasteiger partial charge < -0.3 is 10.2 Å². The number of hydrogen-bond donors (Lipinski definition) is 2. The van der Waals surface area contributed by atoms with E-state index >= 15 is 0 Å². The first-order valence-electron chi connectivity index (χ1n) is 6.62. The largest absolute Gasteiger partial charge is 0.338 e. The Morgan fingerprint density at radius 3 is 3.00 bits per heavy atom. The Balaban J connectivity index is 1.92. The van der Waals surface area contributed by atoms with E-state index in [9.17, 15) is 0 Å². The van der Waals surface area contributed by atoms with Gasteiger partial charge >= 0.3 is 0 Å². The van der Waals surface area contributed by atoms with Crippen LogP contribution >= 0.6 is 0 Å². The molecular weight excluding hydrogens is 214 g/mol. The number of nitrogens with one attached hydrogen (secondary N) is 2. The topological polar surface area (TPSA) is 56.8 Å². The Kier molecular flexibility index (Phi) is 4.36. The van der Waals surface area contributed by atoms with E-state index in [0.29, 0.717) is 5.92 Å². The summed E-state index contributed by atoms with van der Waals surface area (Å²) >= 11 is 0. The van der Waals surface area contributed by atoms with Crippen molar-refractivity contribution >= 4 is 5.95 Å². The second-order valence-electron chi connectivity index (χ2n) is 5.11. The predicted octanol–water partition coefficient (Wildman–Crippen LogP) is 1.19. The van der Waals surface area contributed by atoms with Crippen molar-refractivity contribution in [2.45, 2.75) is 33.1 Å². The zero-order chi connectivity index (χ0) is 12.1. The molecule has 17 heavy (non-hydrogen) atoms. The quantitative estimate of drug-likeness (QED) is 0.826. The van der Waals surface area contributed by atoms with Crippen LogP contribution in [0.25, 0.3) is 0 Å². The average Bonchev–Trinajstić information content (AvgIpc) is 2.60. The number of H-pyrrole nitrogens is 1. The summed E-state index contributed by atoms with van der Waals surface area (Å²) < 4.78 is 0. The van der Waals surface area contributed by atoms with E-state index < -0.39 is 0 Å². The number of aryl methyl sites for hydroxylation is 1. The van der Waals surface area contributed by atoms with Gasteiger partial charge in [-0.3, -0.25) is 5.10 Å². The van der Waals surface area contributed by atoms with Gasteiger partial charge in [0.15, 0.2) is 0 Å². The normalized spacial score (nSPS) is 17.5. The zero-order valence-corrected chi connectivity index (χ0v) is 10.9. The summed E-state index contributed by atoms with van der Waals surface area (Å²) in [6.07, 6.45) is 3.32. The van der Waals surface area contributed by atoms with E-state index in [1.165, 1.54) is 0 Å². The fraction of sp³-hybridized carbons (Fsp3) is 0.833. The lowest BCUT2D eigenvalue weighted by molar-refractivity contribution is 0.575. The predicted molar refractivity (Wildman–Crippen MR) is 69.2 cm³/mol. The van der Waals surface area contributed by atoms with Gasteiger partial charge in [0.05, 0.1) is 0 Å². The fourth-order valence-corrected chi connectivity index (χ4v) is 2.01. The van der Waals surface area contributed by atoms with Crippen LogP contribution in [0.5, 0.6) is 0 Å². The van der Waals surface area contributed by atoms with Crippen LogP contribution in [0.3, 0.4) is 0 Å². The van der Waals surface area contributed by atoms with Crippen molar-refractivity contribution in [1.29, 1.82) is 0 Å². The van der Waals surface area contributed by atoms with Crippen LogP contribution in [0.4, 0.5) is 5.95 Å². The number of anilines is 1. The molecule has 0 unspecified atom stereocenters. The van der Waals surface area contributed by atoms with Crippen LogP contribution in [0.1, 0.15) is 32.5 Å². The summed E-state index contributed by atoms with van der Waals surface area (Å²) in [6.45, 7) is 8.64. The highest BCUT2D eigenvalue weighted by Gasteiger charge is 2.13. The molecule has 1 aliphatic heterocycles. The molecule has 2 N–H and O–H groups in total. The molecule has 0 bridgehead atoms. The monoisotopic (exact) mass is 237 g/mol. The third-order valence-corrected chi connectivity index (χ3v) is 3.10. The van der Waals surface area contributed by atoms with Gasteiger partial charge in [0.1, 0.15) is 5.82 Å². The van der Waals surface area contributed by atoms with Crippen molar-refractivity contribution in [1.82, 2.24) is 20.5 Å². The van der Waals surface area contributed by atoms with Crippen molar-refractivity contribution in [2.75, 3.05) is 31.1 Å². The Labute approximate surface area is 103 Å². The van der Waals surface area contributed by atoms with Crippen molar-refractivity contribution in [3.05, 3.63) is 5.82 Å². The van der Waals surface area contributed by atoms with Gasteiger partial charge in [-0.25, -0.2) is 0 Å². The highest BCUT2D eigenvalue weighted by Crippen LogP contribution is 2.11. The molecule has 0 aliphatic carbocycles. The van der Waals surface area contributed by atoms with E-state index in [2.05, 4.69) is 39.2 Å². The summed E-state index contributed by atoms with van der Waals surface area (Å²) in [5.41, 5.74) is 0. The SMILES string of the molecule is CC(C)CCc1nc(N2CCCNCC2)n[nH]1. The lowest BCUT2D eigenvalue weighted by Crippen LogP contribution is -2.28. The van der Waals surface area contributed by atoms with E-state index in [1.54, 1.807) is 0 Å². The second-order valence-corrected chi connectivity index (χ2v) is 5.11. The molecule has 1 fully saturated rings. The Hall–Kier alpha value is -1.10. The summed E-state index contributed by atoms with van der Waals surface area (Å²) in [5, 5.41) is 10.8. The average molecular weight is 237 g/mol. The van der Waals surface area contributed by atoms with E-state index in [-0.39, 0.29) is 0 Å². The van der Waals surface area contributed by atoms with E-state index in [0.717, 1.165) is 57.2 Å². The number of nitrogens with zero attached hydrogens (tertiary/aromatic N) is 3. The van der Waals surface area contributed by atoms with Crippen molar-refractivity contribution < 1.29 is 0 Å². The Morgan fingerprint density at radius 2 is 2.18 bits per heavy atom. The Morgan fingerprint density at radius 1 is 1.29 bits per heavy atom. The summed E-state index contributed by atoms with van der Waals surface area (Å²) in [6, 6.07) is 0. The second kappa shape index (κ2) is 6.00. The van der Waals surface area contributed by atoms with Crippen LogP contribution < -0.4 is 10.2 Å². The van der Waals surface area contributed by atoms with Crippen LogP contribution in [-0.2, 0) is 6.42 Å². The van der Waals surface area contributed by atoms with Gasteiger partial charge in [-0.2, -0.15) is 4.98 Å². The standard InChI is InChI=1S/C12H23N5/c1-10(2)4-5-11-14-12(16-15-11)17-8-3-6-13-7-9-17/h10,13H,3-9H2,1-2H3,(H,14,15,16).